The molecule has 0 unspecified atom stereocenters. The number of hydrogen-bond acceptors (Lipinski definition) is 3. The SMILES string of the molecule is Cc1c(F)cccc1C(=O)NC[C@H]1[C@H]2CN(C)C[C@]23CC[C@H]1O3. The number of carbonyl (C=O) groups is 1. The van der Waals surface area contributed by atoms with Crippen molar-refractivity contribution in [3.05, 3.63) is 35.1 Å². The minimum atomic E-state index is -0.336. The number of carbonyl (C=O) groups excluding carboxylic acids is 1. The maximum absolute atomic E-state index is 13.6. The van der Waals surface area contributed by atoms with Crippen LogP contribution < -0.4 is 5.32 Å². The number of likely N-dealkylation sites (tertiary alicyclic amines) is 1. The Morgan fingerprint density at radius 3 is 3.17 bits per heavy atom. The van der Waals surface area contributed by atoms with E-state index in [1.165, 1.54) is 6.07 Å². The van der Waals surface area contributed by atoms with Crippen LogP contribution in [-0.4, -0.2) is 49.2 Å². The molecule has 4 atom stereocenters. The second-order valence-corrected chi connectivity index (χ2v) is 7.35. The predicted molar refractivity (Wildman–Crippen MR) is 84.8 cm³/mol. The van der Waals surface area contributed by atoms with E-state index in [1.807, 2.05) is 0 Å². The number of nitrogens with zero attached hydrogens (tertiary/aromatic N) is 1. The van der Waals surface area contributed by atoms with Crippen LogP contribution in [0.5, 0.6) is 0 Å². The molecular formula is C18H23FN2O2. The molecule has 0 aliphatic carbocycles. The minimum absolute atomic E-state index is 0.0174. The highest BCUT2D eigenvalue weighted by Gasteiger charge is 2.62. The monoisotopic (exact) mass is 318 g/mol. The van der Waals surface area contributed by atoms with Crippen molar-refractivity contribution in [3.63, 3.8) is 0 Å². The van der Waals surface area contributed by atoms with Gasteiger partial charge in [0.2, 0.25) is 0 Å². The third kappa shape index (κ3) is 2.29. The van der Waals surface area contributed by atoms with E-state index < -0.39 is 0 Å². The minimum Gasteiger partial charge on any atom is -0.370 e. The molecule has 1 spiro atoms. The summed E-state index contributed by atoms with van der Waals surface area (Å²) >= 11 is 0. The number of fused-ring (bicyclic) bond motifs is 1. The number of nitrogens with one attached hydrogen (secondary N) is 1. The zero-order valence-corrected chi connectivity index (χ0v) is 13.6. The van der Waals surface area contributed by atoms with E-state index in [4.69, 9.17) is 4.74 Å². The molecule has 3 saturated heterocycles. The van der Waals surface area contributed by atoms with Crippen molar-refractivity contribution in [2.24, 2.45) is 11.8 Å². The number of benzene rings is 1. The van der Waals surface area contributed by atoms with Crippen molar-refractivity contribution >= 4 is 5.91 Å². The number of hydrogen-bond donors (Lipinski definition) is 1. The molecule has 3 aliphatic heterocycles. The number of amides is 1. The Balaban J connectivity index is 1.45. The summed E-state index contributed by atoms with van der Waals surface area (Å²) in [4.78, 5) is 14.7. The highest BCUT2D eigenvalue weighted by Crippen LogP contribution is 2.54. The number of halogens is 1. The van der Waals surface area contributed by atoms with Crippen LogP contribution in [0.3, 0.4) is 0 Å². The molecule has 1 N–H and O–H groups in total. The topological polar surface area (TPSA) is 41.6 Å². The molecule has 23 heavy (non-hydrogen) atoms. The van der Waals surface area contributed by atoms with E-state index in [0.717, 1.165) is 25.9 Å². The van der Waals surface area contributed by atoms with Gasteiger partial charge in [0.1, 0.15) is 5.82 Å². The molecule has 1 aromatic rings. The van der Waals surface area contributed by atoms with Gasteiger partial charge in [0.15, 0.2) is 0 Å². The van der Waals surface area contributed by atoms with Crippen molar-refractivity contribution in [2.75, 3.05) is 26.7 Å². The molecule has 0 aromatic heterocycles. The van der Waals surface area contributed by atoms with Gasteiger partial charge in [-0.05, 0) is 44.5 Å². The molecule has 3 aliphatic rings. The normalized spacial score (nSPS) is 35.5. The second-order valence-electron chi connectivity index (χ2n) is 7.35. The van der Waals surface area contributed by atoms with Gasteiger partial charge >= 0.3 is 0 Å². The smallest absolute Gasteiger partial charge is 0.251 e. The first-order valence-electron chi connectivity index (χ1n) is 8.40. The summed E-state index contributed by atoms with van der Waals surface area (Å²) in [5, 5.41) is 3.01. The van der Waals surface area contributed by atoms with Crippen LogP contribution in [0.2, 0.25) is 0 Å². The maximum atomic E-state index is 13.6. The first kappa shape index (κ1) is 15.1. The molecule has 4 rings (SSSR count). The molecule has 1 aromatic carbocycles. The fourth-order valence-electron chi connectivity index (χ4n) is 4.85. The van der Waals surface area contributed by atoms with Gasteiger partial charge in [-0.3, -0.25) is 4.79 Å². The van der Waals surface area contributed by atoms with Gasteiger partial charge in [-0.25, -0.2) is 4.39 Å². The molecule has 4 nitrogen and oxygen atoms in total. The number of ether oxygens (including phenoxy) is 1. The zero-order chi connectivity index (χ0) is 16.2. The van der Waals surface area contributed by atoms with Gasteiger partial charge in [-0.1, -0.05) is 6.07 Å². The maximum Gasteiger partial charge on any atom is 0.251 e. The molecule has 3 fully saturated rings. The van der Waals surface area contributed by atoms with Gasteiger partial charge in [-0.15, -0.1) is 0 Å². The van der Waals surface area contributed by atoms with Gasteiger partial charge in [-0.2, -0.15) is 0 Å². The van der Waals surface area contributed by atoms with Gasteiger partial charge in [0.05, 0.1) is 11.7 Å². The van der Waals surface area contributed by atoms with Gasteiger partial charge < -0.3 is 15.0 Å². The van der Waals surface area contributed by atoms with Gasteiger partial charge in [0.25, 0.3) is 5.91 Å². The van der Waals surface area contributed by atoms with Crippen LogP contribution >= 0.6 is 0 Å². The molecule has 1 amide bonds. The Labute approximate surface area is 136 Å². The van der Waals surface area contributed by atoms with Crippen molar-refractivity contribution in [2.45, 2.75) is 31.5 Å². The summed E-state index contributed by atoms with van der Waals surface area (Å²) in [5.74, 6) is 0.342. The van der Waals surface area contributed by atoms with Crippen LogP contribution in [0.1, 0.15) is 28.8 Å². The quantitative estimate of drug-likeness (QED) is 0.926. The van der Waals surface area contributed by atoms with Crippen LogP contribution in [0.15, 0.2) is 18.2 Å². The van der Waals surface area contributed by atoms with Crippen molar-refractivity contribution < 1.29 is 13.9 Å². The lowest BCUT2D eigenvalue weighted by Gasteiger charge is -2.29. The second kappa shape index (κ2) is 5.28. The number of likely N-dealkylation sites (N-methyl/N-ethyl adjacent to an activating group) is 1. The summed E-state index contributed by atoms with van der Waals surface area (Å²) in [5.41, 5.74) is 0.849. The molecular weight excluding hydrogens is 295 g/mol. The van der Waals surface area contributed by atoms with Crippen LogP contribution in [0, 0.1) is 24.6 Å². The lowest BCUT2D eigenvalue weighted by atomic mass is 9.73. The average Bonchev–Trinajstić information content (AvgIpc) is 3.14. The largest absolute Gasteiger partial charge is 0.370 e. The molecule has 2 bridgehead atoms. The first-order chi connectivity index (χ1) is 11.0. The highest BCUT2D eigenvalue weighted by atomic mass is 19.1. The fraction of sp³-hybridized carbons (Fsp3) is 0.611. The fourth-order valence-corrected chi connectivity index (χ4v) is 4.85. The summed E-state index contributed by atoms with van der Waals surface area (Å²) in [7, 11) is 2.13. The molecule has 3 heterocycles. The molecule has 0 radical (unpaired) electrons. The number of rotatable bonds is 3. The van der Waals surface area contributed by atoms with E-state index in [2.05, 4.69) is 17.3 Å². The van der Waals surface area contributed by atoms with Crippen molar-refractivity contribution in [1.82, 2.24) is 10.2 Å². The molecule has 124 valence electrons. The highest BCUT2D eigenvalue weighted by molar-refractivity contribution is 5.95. The standard InChI is InChI=1S/C18H23FN2O2/c1-11-12(4-3-5-15(11)19)17(22)20-8-13-14-9-21(2)10-18(14)7-6-16(13)23-18/h3-5,13-14,16H,6-10H2,1-2H3,(H,20,22)/t13-,14+,16+,18+/m0/s1. The Kier molecular flexibility index (Phi) is 3.46. The Bertz CT molecular complexity index is 650. The van der Waals surface area contributed by atoms with Crippen LogP contribution in [-0.2, 0) is 4.74 Å². The van der Waals surface area contributed by atoms with E-state index in [-0.39, 0.29) is 23.4 Å². The first-order valence-corrected chi connectivity index (χ1v) is 8.40. The van der Waals surface area contributed by atoms with Crippen LogP contribution in [0.25, 0.3) is 0 Å². The summed E-state index contributed by atoms with van der Waals surface area (Å²) < 4.78 is 19.9. The Hall–Kier alpha value is -1.46. The molecule has 5 heteroatoms. The van der Waals surface area contributed by atoms with Crippen molar-refractivity contribution in [1.29, 1.82) is 0 Å². The van der Waals surface area contributed by atoms with E-state index in [0.29, 0.717) is 29.5 Å². The average molecular weight is 318 g/mol. The summed E-state index contributed by atoms with van der Waals surface area (Å²) in [6.07, 6.45) is 2.49. The summed E-state index contributed by atoms with van der Waals surface area (Å²) in [6.45, 7) is 4.29. The zero-order valence-electron chi connectivity index (χ0n) is 13.6. The van der Waals surface area contributed by atoms with E-state index in [1.54, 1.807) is 19.1 Å². The van der Waals surface area contributed by atoms with E-state index >= 15 is 0 Å². The molecule has 0 saturated carbocycles. The lowest BCUT2D eigenvalue weighted by molar-refractivity contribution is 0.00472. The third-order valence-electron chi connectivity index (χ3n) is 5.96. The van der Waals surface area contributed by atoms with E-state index in [9.17, 15) is 9.18 Å². The third-order valence-corrected chi connectivity index (χ3v) is 5.96. The van der Waals surface area contributed by atoms with Crippen molar-refractivity contribution in [3.8, 4) is 0 Å². The van der Waals surface area contributed by atoms with Gasteiger partial charge in [0, 0.05) is 37.0 Å². The Morgan fingerprint density at radius 2 is 2.35 bits per heavy atom. The van der Waals surface area contributed by atoms with Crippen LogP contribution in [0.4, 0.5) is 4.39 Å². The lowest BCUT2D eigenvalue weighted by Crippen LogP contribution is -2.42. The predicted octanol–water partition coefficient (Wildman–Crippen LogP) is 1.97. The summed E-state index contributed by atoms with van der Waals surface area (Å²) in [6, 6.07) is 4.64. The Morgan fingerprint density at radius 1 is 1.52 bits per heavy atom.